The van der Waals surface area contributed by atoms with Crippen LogP contribution in [0.3, 0.4) is 0 Å². The van der Waals surface area contributed by atoms with Crippen molar-refractivity contribution in [3.8, 4) is 5.75 Å². The standard InChI is InChI=1S/C7H6NO3.2CH3.Sn/c9-6-4-2-1-3-5(6)7(10)8-11;;;/h1-4H,(H2-,8,9,10,11);2*1H3;/q-1;;;+2/p-1. The first kappa shape index (κ1) is 9.79. The van der Waals surface area contributed by atoms with Crippen molar-refractivity contribution in [3.63, 3.8) is 0 Å². The Hall–Kier alpha value is -0.751. The van der Waals surface area contributed by atoms with Gasteiger partial charge >= 0.3 is 87.1 Å². The van der Waals surface area contributed by atoms with E-state index < -0.39 is 19.2 Å². The third-order valence-corrected chi connectivity index (χ3v) is 5.60. The van der Waals surface area contributed by atoms with Gasteiger partial charge in [0.1, 0.15) is 0 Å². The quantitative estimate of drug-likeness (QED) is 0.738. The first-order valence-corrected chi connectivity index (χ1v) is 12.4. The van der Waals surface area contributed by atoms with Crippen molar-refractivity contribution in [1.82, 2.24) is 5.48 Å². The molecule has 0 aromatic heterocycles. The van der Waals surface area contributed by atoms with Crippen molar-refractivity contribution in [1.29, 1.82) is 0 Å². The molecule has 0 aliphatic carbocycles. The van der Waals surface area contributed by atoms with Gasteiger partial charge in [0.15, 0.2) is 0 Å². The van der Waals surface area contributed by atoms with E-state index in [0.29, 0.717) is 11.3 Å². The molecule has 0 radical (unpaired) electrons. The molecule has 5 heteroatoms. The maximum absolute atomic E-state index is 11.5. The van der Waals surface area contributed by atoms with Crippen LogP contribution < -0.4 is 8.55 Å². The summed E-state index contributed by atoms with van der Waals surface area (Å²) in [7, 11) is 0. The van der Waals surface area contributed by atoms with E-state index in [2.05, 4.69) is 5.48 Å². The number of amides is 1. The average molecular weight is 300 g/mol. The Morgan fingerprint density at radius 1 is 1.29 bits per heavy atom. The van der Waals surface area contributed by atoms with Crippen LogP contribution in [0.4, 0.5) is 0 Å². The molecule has 0 bridgehead atoms. The van der Waals surface area contributed by atoms with Crippen molar-refractivity contribution in [2.24, 2.45) is 0 Å². The average Bonchev–Trinajstić information content (AvgIpc) is 2.25. The zero-order chi connectivity index (χ0) is 10.2. The van der Waals surface area contributed by atoms with Crippen LogP contribution in [-0.4, -0.2) is 25.1 Å². The van der Waals surface area contributed by atoms with Crippen molar-refractivity contribution in [3.05, 3.63) is 29.8 Å². The minimum absolute atomic E-state index is 0.233. The topological polar surface area (TPSA) is 47.6 Å². The molecule has 0 fully saturated rings. The Labute approximate surface area is 87.1 Å². The van der Waals surface area contributed by atoms with E-state index in [1.807, 2.05) is 15.9 Å². The summed E-state index contributed by atoms with van der Waals surface area (Å²) in [5.41, 5.74) is 2.96. The zero-order valence-electron chi connectivity index (χ0n) is 8.03. The van der Waals surface area contributed by atoms with Gasteiger partial charge in [0.05, 0.1) is 0 Å². The van der Waals surface area contributed by atoms with Gasteiger partial charge in [-0.2, -0.15) is 0 Å². The predicted molar refractivity (Wildman–Crippen MR) is 53.1 cm³/mol. The molecule has 0 atom stereocenters. The Morgan fingerprint density at radius 2 is 2.00 bits per heavy atom. The molecule has 1 aromatic rings. The fraction of sp³-hybridized carbons (Fsp3) is 0.222. The van der Waals surface area contributed by atoms with E-state index in [4.69, 9.17) is 6.25 Å². The molecule has 0 spiro atoms. The third-order valence-electron chi connectivity index (χ3n) is 1.88. The Morgan fingerprint density at radius 3 is 2.79 bits per heavy atom. The monoisotopic (exact) mass is 301 g/mol. The molecule has 2 rings (SSSR count). The molecule has 1 aliphatic heterocycles. The van der Waals surface area contributed by atoms with Gasteiger partial charge in [-0.25, -0.2) is 0 Å². The summed E-state index contributed by atoms with van der Waals surface area (Å²) >= 11 is -2.99. The third kappa shape index (κ3) is 1.85. The summed E-state index contributed by atoms with van der Waals surface area (Å²) in [5, 5.41) is 0. The molecular weight excluding hydrogens is 289 g/mol. The molecule has 0 saturated carbocycles. The molecule has 1 aliphatic rings. The second-order valence-electron chi connectivity index (χ2n) is 3.53. The van der Waals surface area contributed by atoms with E-state index in [1.165, 1.54) is 0 Å². The van der Waals surface area contributed by atoms with Gasteiger partial charge in [0, 0.05) is 0 Å². The molecule has 1 heterocycles. The second-order valence-corrected chi connectivity index (χ2v) is 12.7. The second kappa shape index (κ2) is 3.43. The molecule has 1 N–H and O–H groups in total. The molecular formula is C9H11NO3Sn. The fourth-order valence-corrected chi connectivity index (χ4v) is 4.36. The Bertz CT molecular complexity index is 378. The molecule has 1 amide bonds. The van der Waals surface area contributed by atoms with Crippen LogP contribution in [0.2, 0.25) is 9.88 Å². The van der Waals surface area contributed by atoms with Crippen LogP contribution in [0.5, 0.6) is 5.75 Å². The number of hydrogen-bond donors (Lipinski definition) is 1. The first-order chi connectivity index (χ1) is 6.58. The predicted octanol–water partition coefficient (Wildman–Crippen LogP) is 1.44. The van der Waals surface area contributed by atoms with Crippen LogP contribution in [0.1, 0.15) is 10.4 Å². The normalized spacial score (nSPS) is 18.9. The molecule has 1 aromatic carbocycles. The maximum atomic E-state index is 11.5. The number of carbonyl (C=O) groups is 1. The van der Waals surface area contributed by atoms with Gasteiger partial charge in [-0.15, -0.1) is 0 Å². The summed E-state index contributed by atoms with van der Waals surface area (Å²) < 4.78 is 11.0. The van der Waals surface area contributed by atoms with E-state index in [0.717, 1.165) is 0 Å². The van der Waals surface area contributed by atoms with E-state index in [-0.39, 0.29) is 5.91 Å². The van der Waals surface area contributed by atoms with Crippen LogP contribution in [0, 0.1) is 0 Å². The van der Waals surface area contributed by atoms with Crippen molar-refractivity contribution >= 4 is 25.1 Å². The zero-order valence-corrected chi connectivity index (χ0v) is 10.9. The van der Waals surface area contributed by atoms with Crippen molar-refractivity contribution in [2.75, 3.05) is 0 Å². The number of para-hydroxylation sites is 1. The van der Waals surface area contributed by atoms with Crippen molar-refractivity contribution < 1.29 is 11.0 Å². The molecule has 0 unspecified atom stereocenters. The SMILES string of the molecule is [CH3][Sn]1([CH3])[O]NC(=O)c2ccccc2[O]1. The summed E-state index contributed by atoms with van der Waals surface area (Å²) in [6.07, 6.45) is 0. The first-order valence-electron chi connectivity index (χ1n) is 4.35. The summed E-state index contributed by atoms with van der Waals surface area (Å²) in [6.45, 7) is 0. The van der Waals surface area contributed by atoms with Crippen LogP contribution in [-0.2, 0) is 3.17 Å². The number of nitrogens with one attached hydrogen (secondary N) is 1. The molecule has 4 nitrogen and oxygen atoms in total. The molecule has 14 heavy (non-hydrogen) atoms. The van der Waals surface area contributed by atoms with Crippen LogP contribution >= 0.6 is 0 Å². The van der Waals surface area contributed by atoms with Crippen LogP contribution in [0.25, 0.3) is 0 Å². The van der Waals surface area contributed by atoms with Crippen molar-refractivity contribution in [2.45, 2.75) is 9.88 Å². The van der Waals surface area contributed by atoms with E-state index in [9.17, 15) is 4.79 Å². The van der Waals surface area contributed by atoms with Gasteiger partial charge in [-0.05, 0) is 0 Å². The summed E-state index contributed by atoms with van der Waals surface area (Å²) in [5.74, 6) is 0.395. The van der Waals surface area contributed by atoms with Gasteiger partial charge in [0.25, 0.3) is 0 Å². The van der Waals surface area contributed by atoms with Gasteiger partial charge in [0.2, 0.25) is 0 Å². The van der Waals surface area contributed by atoms with Gasteiger partial charge < -0.3 is 0 Å². The van der Waals surface area contributed by atoms with Crippen LogP contribution in [0.15, 0.2) is 24.3 Å². The fourth-order valence-electron chi connectivity index (χ4n) is 1.25. The molecule has 0 saturated heterocycles. The van der Waals surface area contributed by atoms with E-state index >= 15 is 0 Å². The Kier molecular flexibility index (Phi) is 2.40. The summed E-state index contributed by atoms with van der Waals surface area (Å²) in [6, 6.07) is 7.17. The number of benzene rings is 1. The Balaban J connectivity index is 2.46. The number of rotatable bonds is 0. The number of carbonyl (C=O) groups excluding carboxylic acids is 1. The summed E-state index contributed by atoms with van der Waals surface area (Å²) in [4.78, 5) is 15.4. The van der Waals surface area contributed by atoms with E-state index in [1.54, 1.807) is 18.2 Å². The van der Waals surface area contributed by atoms with Gasteiger partial charge in [-0.3, -0.25) is 0 Å². The minimum atomic E-state index is -2.99. The molecule has 74 valence electrons. The van der Waals surface area contributed by atoms with Gasteiger partial charge in [-0.1, -0.05) is 0 Å². The number of hydroxylamine groups is 1. The number of hydrogen-bond acceptors (Lipinski definition) is 3. The number of fused-ring (bicyclic) bond motifs is 1.